The minimum atomic E-state index is 0.240. The van der Waals surface area contributed by atoms with Gasteiger partial charge in [-0.15, -0.1) is 0 Å². The molecule has 0 radical (unpaired) electrons. The second-order valence-corrected chi connectivity index (χ2v) is 8.53. The van der Waals surface area contributed by atoms with Gasteiger partial charge in [-0.2, -0.15) is 0 Å². The molecule has 3 aromatic carbocycles. The van der Waals surface area contributed by atoms with Gasteiger partial charge in [-0.25, -0.2) is 4.98 Å². The highest BCUT2D eigenvalue weighted by molar-refractivity contribution is 14.1. The molecule has 6 heteroatoms. The maximum Gasteiger partial charge on any atom is 0.227 e. The average molecular weight is 580 g/mol. The van der Waals surface area contributed by atoms with E-state index in [9.17, 15) is 5.11 Å². The number of phenols is 1. The summed E-state index contributed by atoms with van der Waals surface area (Å²) in [5, 5.41) is 10.2. The van der Waals surface area contributed by atoms with Gasteiger partial charge in [0, 0.05) is 20.9 Å². The number of hydrogen-bond donors (Lipinski definition) is 1. The van der Waals surface area contributed by atoms with Crippen LogP contribution in [0.15, 0.2) is 64.0 Å². The number of oxazole rings is 1. The first kappa shape index (κ1) is 18.4. The van der Waals surface area contributed by atoms with Crippen molar-refractivity contribution in [3.63, 3.8) is 0 Å². The molecule has 1 N–H and O–H groups in total. The smallest absolute Gasteiger partial charge is 0.227 e. The van der Waals surface area contributed by atoms with E-state index in [-0.39, 0.29) is 5.75 Å². The SMILES string of the molecule is Cc1cccc(-c2nc3cc(N=Cc4cc(I)cc(I)c4O)ccc3o2)c1. The van der Waals surface area contributed by atoms with Crippen LogP contribution in [0.2, 0.25) is 0 Å². The highest BCUT2D eigenvalue weighted by atomic mass is 127. The molecule has 0 spiro atoms. The molecule has 134 valence electrons. The largest absolute Gasteiger partial charge is 0.506 e. The monoisotopic (exact) mass is 580 g/mol. The number of hydrogen-bond acceptors (Lipinski definition) is 4. The minimum Gasteiger partial charge on any atom is -0.506 e. The van der Waals surface area contributed by atoms with Crippen molar-refractivity contribution in [3.05, 3.63) is 72.9 Å². The molecule has 27 heavy (non-hydrogen) atoms. The summed E-state index contributed by atoms with van der Waals surface area (Å²) < 4.78 is 7.72. The summed E-state index contributed by atoms with van der Waals surface area (Å²) in [5.74, 6) is 0.837. The summed E-state index contributed by atoms with van der Waals surface area (Å²) in [4.78, 5) is 9.09. The Bertz CT molecular complexity index is 1180. The lowest BCUT2D eigenvalue weighted by molar-refractivity contribution is 0.470. The molecule has 0 aliphatic heterocycles. The highest BCUT2D eigenvalue weighted by Crippen LogP contribution is 2.29. The van der Waals surface area contributed by atoms with Crippen molar-refractivity contribution >= 4 is 68.2 Å². The van der Waals surface area contributed by atoms with E-state index in [0.29, 0.717) is 11.5 Å². The molecule has 0 aliphatic carbocycles. The predicted molar refractivity (Wildman–Crippen MR) is 125 cm³/mol. The number of rotatable bonds is 3. The molecular weight excluding hydrogens is 566 g/mol. The third-order valence-corrected chi connectivity index (χ3v) is 5.49. The zero-order chi connectivity index (χ0) is 19.0. The molecule has 0 bridgehead atoms. The van der Waals surface area contributed by atoms with Crippen molar-refractivity contribution in [3.8, 4) is 17.2 Å². The first-order valence-corrected chi connectivity index (χ1v) is 10.3. The van der Waals surface area contributed by atoms with E-state index in [0.717, 1.165) is 35.1 Å². The van der Waals surface area contributed by atoms with Crippen LogP contribution in [0.5, 0.6) is 5.75 Å². The maximum atomic E-state index is 10.2. The lowest BCUT2D eigenvalue weighted by Crippen LogP contribution is -1.87. The Hall–Kier alpha value is -1.94. The third kappa shape index (κ3) is 4.01. The molecule has 0 aliphatic rings. The number of aromatic hydroxyl groups is 1. The van der Waals surface area contributed by atoms with Crippen molar-refractivity contribution in [1.82, 2.24) is 4.98 Å². The number of halogens is 2. The van der Waals surface area contributed by atoms with Crippen LogP contribution in [0.1, 0.15) is 11.1 Å². The Kier molecular flexibility index (Phi) is 5.18. The fourth-order valence-corrected chi connectivity index (χ4v) is 4.62. The Morgan fingerprint density at radius 3 is 2.74 bits per heavy atom. The number of benzene rings is 3. The number of aromatic nitrogens is 1. The van der Waals surface area contributed by atoms with Crippen molar-refractivity contribution in [2.24, 2.45) is 4.99 Å². The Labute approximate surface area is 183 Å². The second-order valence-electron chi connectivity index (χ2n) is 6.12. The molecule has 0 atom stereocenters. The summed E-state index contributed by atoms with van der Waals surface area (Å²) in [6.45, 7) is 2.04. The van der Waals surface area contributed by atoms with Gasteiger partial charge in [0.05, 0.1) is 9.26 Å². The van der Waals surface area contributed by atoms with E-state index < -0.39 is 0 Å². The Morgan fingerprint density at radius 2 is 1.93 bits per heavy atom. The fourth-order valence-electron chi connectivity index (χ4n) is 2.73. The highest BCUT2D eigenvalue weighted by Gasteiger charge is 2.09. The van der Waals surface area contributed by atoms with Gasteiger partial charge in [0.25, 0.3) is 0 Å². The molecule has 0 fully saturated rings. The van der Waals surface area contributed by atoms with Crippen molar-refractivity contribution in [2.45, 2.75) is 6.92 Å². The predicted octanol–water partition coefficient (Wildman–Crippen LogP) is 6.47. The van der Waals surface area contributed by atoms with Crippen LogP contribution in [-0.2, 0) is 0 Å². The number of phenolic OH excluding ortho intramolecular Hbond substituents is 1. The van der Waals surface area contributed by atoms with Gasteiger partial charge in [0.1, 0.15) is 11.3 Å². The molecule has 0 saturated carbocycles. The standard InChI is InChI=1S/C21H14I2N2O2/c1-12-3-2-4-13(7-12)21-25-18-10-16(5-6-19(18)27-21)24-11-14-8-15(22)9-17(23)20(14)26/h2-11,26H,1H3. The molecule has 0 amide bonds. The maximum absolute atomic E-state index is 10.2. The summed E-state index contributed by atoms with van der Waals surface area (Å²) in [5.41, 5.74) is 5.02. The van der Waals surface area contributed by atoms with Gasteiger partial charge < -0.3 is 9.52 Å². The van der Waals surface area contributed by atoms with E-state index in [2.05, 4.69) is 55.2 Å². The summed E-state index contributed by atoms with van der Waals surface area (Å²) >= 11 is 4.34. The molecule has 4 rings (SSSR count). The van der Waals surface area contributed by atoms with Crippen LogP contribution in [0.25, 0.3) is 22.6 Å². The molecule has 1 aromatic heterocycles. The molecule has 4 aromatic rings. The fraction of sp³-hybridized carbons (Fsp3) is 0.0476. The molecular formula is C21H14I2N2O2. The first-order chi connectivity index (χ1) is 13.0. The first-order valence-electron chi connectivity index (χ1n) is 8.19. The van der Waals surface area contributed by atoms with E-state index in [1.807, 2.05) is 61.5 Å². The van der Waals surface area contributed by atoms with Crippen LogP contribution in [-0.4, -0.2) is 16.3 Å². The van der Waals surface area contributed by atoms with E-state index in [4.69, 9.17) is 4.42 Å². The van der Waals surface area contributed by atoms with Gasteiger partial charge >= 0.3 is 0 Å². The lowest BCUT2D eigenvalue weighted by atomic mass is 10.1. The van der Waals surface area contributed by atoms with Gasteiger partial charge in [-0.3, -0.25) is 4.99 Å². The van der Waals surface area contributed by atoms with Crippen LogP contribution < -0.4 is 0 Å². The van der Waals surface area contributed by atoms with Crippen LogP contribution >= 0.6 is 45.2 Å². The number of fused-ring (bicyclic) bond motifs is 1. The normalized spacial score (nSPS) is 11.5. The van der Waals surface area contributed by atoms with Crippen molar-refractivity contribution in [2.75, 3.05) is 0 Å². The zero-order valence-corrected chi connectivity index (χ0v) is 18.6. The van der Waals surface area contributed by atoms with E-state index in [1.165, 1.54) is 0 Å². The third-order valence-electron chi connectivity index (χ3n) is 4.05. The molecule has 1 heterocycles. The van der Waals surface area contributed by atoms with Gasteiger partial charge in [0.2, 0.25) is 5.89 Å². The average Bonchev–Trinajstić information content (AvgIpc) is 3.07. The summed E-state index contributed by atoms with van der Waals surface area (Å²) in [6.07, 6.45) is 1.67. The lowest BCUT2D eigenvalue weighted by Gasteiger charge is -2.02. The molecule has 0 unspecified atom stereocenters. The minimum absolute atomic E-state index is 0.240. The zero-order valence-electron chi connectivity index (χ0n) is 14.3. The van der Waals surface area contributed by atoms with E-state index in [1.54, 1.807) is 6.21 Å². The van der Waals surface area contributed by atoms with Gasteiger partial charge in [-0.1, -0.05) is 17.7 Å². The molecule has 4 nitrogen and oxygen atoms in total. The summed E-state index contributed by atoms with van der Waals surface area (Å²) in [7, 11) is 0. The number of nitrogens with zero attached hydrogens (tertiary/aromatic N) is 2. The number of aliphatic imine (C=N–C) groups is 1. The second kappa shape index (κ2) is 7.59. The van der Waals surface area contributed by atoms with Gasteiger partial charge in [0.15, 0.2) is 5.58 Å². The van der Waals surface area contributed by atoms with Crippen LogP contribution in [0.3, 0.4) is 0 Å². The topological polar surface area (TPSA) is 58.6 Å². The molecule has 0 saturated heterocycles. The Morgan fingerprint density at radius 1 is 1.07 bits per heavy atom. The number of aryl methyl sites for hydroxylation is 1. The van der Waals surface area contributed by atoms with Crippen LogP contribution in [0.4, 0.5) is 5.69 Å². The van der Waals surface area contributed by atoms with E-state index >= 15 is 0 Å². The quantitative estimate of drug-likeness (QED) is 0.224. The van der Waals surface area contributed by atoms with Crippen LogP contribution in [0, 0.1) is 14.1 Å². The Balaban J connectivity index is 1.68. The summed E-state index contributed by atoms with van der Waals surface area (Å²) in [6, 6.07) is 17.5. The van der Waals surface area contributed by atoms with Crippen molar-refractivity contribution in [1.29, 1.82) is 0 Å². The van der Waals surface area contributed by atoms with Crippen molar-refractivity contribution < 1.29 is 9.52 Å². The van der Waals surface area contributed by atoms with Gasteiger partial charge in [-0.05, 0) is 94.6 Å².